The van der Waals surface area contributed by atoms with Gasteiger partial charge in [-0.15, -0.1) is 0 Å². The van der Waals surface area contributed by atoms with Crippen LogP contribution in [0.15, 0.2) is 36.4 Å². The first-order valence-electron chi connectivity index (χ1n) is 6.14. The first-order chi connectivity index (χ1) is 9.16. The Morgan fingerprint density at radius 1 is 1.11 bits per heavy atom. The van der Waals surface area contributed by atoms with Crippen LogP contribution in [0.1, 0.15) is 23.7 Å². The van der Waals surface area contributed by atoms with E-state index in [4.69, 9.17) is 10.5 Å². The lowest BCUT2D eigenvalue weighted by molar-refractivity contribution is 0.197. The molecule has 2 aromatic carbocycles. The summed E-state index contributed by atoms with van der Waals surface area (Å²) in [5.41, 5.74) is 7.97. The van der Waals surface area contributed by atoms with Crippen molar-refractivity contribution in [3.63, 3.8) is 0 Å². The summed E-state index contributed by atoms with van der Waals surface area (Å²) in [7, 11) is 0. The topological polar surface area (TPSA) is 35.2 Å². The van der Waals surface area contributed by atoms with Gasteiger partial charge in [0.1, 0.15) is 6.10 Å². The van der Waals surface area contributed by atoms with Crippen molar-refractivity contribution in [2.24, 2.45) is 0 Å². The van der Waals surface area contributed by atoms with Crippen LogP contribution in [0.5, 0.6) is 5.75 Å². The molecule has 0 aliphatic heterocycles. The molecule has 0 aromatic heterocycles. The molecule has 0 heterocycles. The largest absolute Gasteiger partial charge is 0.480 e. The van der Waals surface area contributed by atoms with Crippen LogP contribution in [0.2, 0.25) is 0 Å². The van der Waals surface area contributed by atoms with E-state index < -0.39 is 11.6 Å². The number of benzene rings is 2. The summed E-state index contributed by atoms with van der Waals surface area (Å²) in [6, 6.07) is 10.1. The molecule has 19 heavy (non-hydrogen) atoms. The Morgan fingerprint density at radius 3 is 2.74 bits per heavy atom. The molecule has 0 bridgehead atoms. The molecule has 2 nitrogen and oxygen atoms in total. The lowest BCUT2D eigenvalue weighted by Crippen LogP contribution is -2.07. The van der Waals surface area contributed by atoms with Crippen LogP contribution in [0.3, 0.4) is 0 Å². The fraction of sp³-hybridized carbons (Fsp3) is 0.200. The number of fused-ring (bicyclic) bond motifs is 1. The minimum Gasteiger partial charge on any atom is -0.480 e. The van der Waals surface area contributed by atoms with Crippen molar-refractivity contribution in [2.45, 2.75) is 18.9 Å². The molecule has 0 fully saturated rings. The number of rotatable bonds is 2. The average Bonchev–Trinajstić information content (AvgIpc) is 2.83. The predicted molar refractivity (Wildman–Crippen MR) is 68.9 cm³/mol. The van der Waals surface area contributed by atoms with Crippen LogP contribution in [-0.4, -0.2) is 0 Å². The molecule has 4 heteroatoms. The number of anilines is 1. The number of nitrogen functional groups attached to an aromatic ring is 1. The molecule has 98 valence electrons. The molecule has 2 aromatic rings. The van der Waals surface area contributed by atoms with Gasteiger partial charge in [0.15, 0.2) is 11.6 Å². The summed E-state index contributed by atoms with van der Waals surface area (Å²) in [6.07, 6.45) is 1.35. The van der Waals surface area contributed by atoms with Crippen LogP contribution in [0.25, 0.3) is 0 Å². The molecule has 3 rings (SSSR count). The van der Waals surface area contributed by atoms with Crippen molar-refractivity contribution in [1.29, 1.82) is 0 Å². The lowest BCUT2D eigenvalue weighted by Gasteiger charge is -2.17. The monoisotopic (exact) mass is 261 g/mol. The van der Waals surface area contributed by atoms with E-state index >= 15 is 0 Å². The highest BCUT2D eigenvalue weighted by Crippen LogP contribution is 2.38. The fourth-order valence-electron chi connectivity index (χ4n) is 2.45. The van der Waals surface area contributed by atoms with Gasteiger partial charge in [-0.25, -0.2) is 4.39 Å². The van der Waals surface area contributed by atoms with Gasteiger partial charge in [0.05, 0.1) is 5.69 Å². The van der Waals surface area contributed by atoms with E-state index in [1.54, 1.807) is 0 Å². The quantitative estimate of drug-likeness (QED) is 0.838. The number of hydrogen-bond donors (Lipinski definition) is 1. The zero-order valence-corrected chi connectivity index (χ0v) is 10.2. The third-order valence-corrected chi connectivity index (χ3v) is 3.42. The van der Waals surface area contributed by atoms with E-state index in [9.17, 15) is 8.78 Å². The molecule has 2 N–H and O–H groups in total. The van der Waals surface area contributed by atoms with E-state index in [0.29, 0.717) is 0 Å². The number of halogens is 2. The molecular weight excluding hydrogens is 248 g/mol. The van der Waals surface area contributed by atoms with Crippen molar-refractivity contribution in [3.8, 4) is 5.75 Å². The van der Waals surface area contributed by atoms with Crippen LogP contribution >= 0.6 is 0 Å². The standard InChI is InChI=1S/C15H13F2NO/c16-11-6-7-12(18)15(14(11)17)19-13-8-5-9-3-1-2-4-10(9)13/h1-4,6-7,13H,5,8,18H2. The van der Waals surface area contributed by atoms with Gasteiger partial charge in [-0.1, -0.05) is 24.3 Å². The summed E-state index contributed by atoms with van der Waals surface area (Å²) >= 11 is 0. The Labute approximate surface area is 109 Å². The van der Waals surface area contributed by atoms with Gasteiger partial charge in [0, 0.05) is 0 Å². The molecule has 1 unspecified atom stereocenters. The van der Waals surface area contributed by atoms with E-state index in [2.05, 4.69) is 0 Å². The summed E-state index contributed by atoms with van der Waals surface area (Å²) < 4.78 is 32.5. The number of nitrogens with two attached hydrogens (primary N) is 1. The Bertz CT molecular complexity index is 628. The highest BCUT2D eigenvalue weighted by Gasteiger charge is 2.26. The second-order valence-corrected chi connectivity index (χ2v) is 4.62. The molecule has 0 spiro atoms. The van der Waals surface area contributed by atoms with Crippen LogP contribution in [0, 0.1) is 11.6 Å². The van der Waals surface area contributed by atoms with Gasteiger partial charge in [0.2, 0.25) is 5.82 Å². The van der Waals surface area contributed by atoms with Gasteiger partial charge < -0.3 is 10.5 Å². The molecule has 0 saturated heterocycles. The Hall–Kier alpha value is -2.10. The summed E-state index contributed by atoms with van der Waals surface area (Å²) in [5, 5.41) is 0. The normalized spacial score (nSPS) is 17.3. The van der Waals surface area contributed by atoms with Gasteiger partial charge in [-0.2, -0.15) is 4.39 Å². The van der Waals surface area contributed by atoms with E-state index in [1.165, 1.54) is 11.6 Å². The van der Waals surface area contributed by atoms with Crippen LogP contribution in [-0.2, 0) is 6.42 Å². The maximum Gasteiger partial charge on any atom is 0.202 e. The number of aryl methyl sites for hydroxylation is 1. The third kappa shape index (κ3) is 2.03. The summed E-state index contributed by atoms with van der Waals surface area (Å²) in [4.78, 5) is 0. The predicted octanol–water partition coefficient (Wildman–Crippen LogP) is 3.61. The zero-order valence-electron chi connectivity index (χ0n) is 10.2. The third-order valence-electron chi connectivity index (χ3n) is 3.42. The van der Waals surface area contributed by atoms with Crippen molar-refractivity contribution < 1.29 is 13.5 Å². The molecular formula is C15H13F2NO. The first kappa shape index (κ1) is 12.0. The average molecular weight is 261 g/mol. The van der Waals surface area contributed by atoms with Crippen LogP contribution < -0.4 is 10.5 Å². The van der Waals surface area contributed by atoms with E-state index in [0.717, 1.165) is 24.5 Å². The summed E-state index contributed by atoms with van der Waals surface area (Å²) in [5.74, 6) is -2.17. The molecule has 0 radical (unpaired) electrons. The highest BCUT2D eigenvalue weighted by molar-refractivity contribution is 5.53. The second kappa shape index (κ2) is 4.53. The Morgan fingerprint density at radius 2 is 1.89 bits per heavy atom. The van der Waals surface area contributed by atoms with Crippen molar-refractivity contribution in [3.05, 3.63) is 59.2 Å². The summed E-state index contributed by atoms with van der Waals surface area (Å²) in [6.45, 7) is 0. The fourth-order valence-corrected chi connectivity index (χ4v) is 2.45. The van der Waals surface area contributed by atoms with Gasteiger partial charge in [0.25, 0.3) is 0 Å². The van der Waals surface area contributed by atoms with Crippen LogP contribution in [0.4, 0.5) is 14.5 Å². The first-order valence-corrected chi connectivity index (χ1v) is 6.14. The van der Waals surface area contributed by atoms with Crippen molar-refractivity contribution >= 4 is 5.69 Å². The second-order valence-electron chi connectivity index (χ2n) is 4.62. The highest BCUT2D eigenvalue weighted by atomic mass is 19.2. The lowest BCUT2D eigenvalue weighted by atomic mass is 10.1. The Kier molecular flexibility index (Phi) is 2.85. The molecule has 1 atom stereocenters. The SMILES string of the molecule is Nc1ccc(F)c(F)c1OC1CCc2ccccc21. The van der Waals surface area contributed by atoms with E-state index in [-0.39, 0.29) is 17.5 Å². The van der Waals surface area contributed by atoms with Crippen molar-refractivity contribution in [2.75, 3.05) is 5.73 Å². The maximum absolute atomic E-state index is 13.7. The van der Waals surface area contributed by atoms with Gasteiger partial charge in [-0.05, 0) is 36.1 Å². The Balaban J connectivity index is 1.94. The van der Waals surface area contributed by atoms with Crippen molar-refractivity contribution in [1.82, 2.24) is 0 Å². The minimum atomic E-state index is -1.02. The number of hydrogen-bond acceptors (Lipinski definition) is 2. The minimum absolute atomic E-state index is 0.114. The number of ether oxygens (including phenoxy) is 1. The zero-order chi connectivity index (χ0) is 13.4. The molecule has 1 aliphatic rings. The molecule has 0 saturated carbocycles. The molecule has 1 aliphatic carbocycles. The smallest absolute Gasteiger partial charge is 0.202 e. The maximum atomic E-state index is 13.7. The van der Waals surface area contributed by atoms with E-state index in [1.807, 2.05) is 24.3 Å². The van der Waals surface area contributed by atoms with Gasteiger partial charge in [-0.3, -0.25) is 0 Å². The van der Waals surface area contributed by atoms with Gasteiger partial charge >= 0.3 is 0 Å². The molecule has 0 amide bonds.